The van der Waals surface area contributed by atoms with E-state index in [2.05, 4.69) is 66.3 Å². The number of nitrogens with one attached hydrogen (secondary N) is 3. The van der Waals surface area contributed by atoms with Crippen molar-refractivity contribution in [3.63, 3.8) is 0 Å². The first kappa shape index (κ1) is 104. The van der Waals surface area contributed by atoms with Gasteiger partial charge in [0.05, 0.1) is 11.4 Å². The molecule has 0 saturated heterocycles. The fourth-order valence-corrected chi connectivity index (χ4v) is 16.9. The molecule has 11 rings (SSSR count). The zero-order valence-corrected chi connectivity index (χ0v) is 82.7. The molecule has 11 aromatic rings. The standard InChI is InChI=1S/C54H38Cl2N14O26S8.8Na/c1-70(54-63-50(56)62-53(65-54)59-34-16-14-28-32(48(34)104(94,95)96)21-40(100(82,83)84)42(44(28)72)69-67-36-18-12-26-30(46(36)102(88,89)90)8-4-10-38(26)98(76,77)78)22-23-5-2-6-24(19-23)57-51-60-49(55)61-52(64-51)58-33-15-13-27-31(47(33)103(91,92)93)20-39(99(79,80)81)41(43(27)71)68-66-35-17-11-25-29(45(35)101(85,86)87)7-3-9-37(25)97(73,74)75;;;;;;;;/h2-21,71-72H,22H2,1H3,(H,73,74,75)(H,76,77,78)(H,79,80,81)(H,82,83,84)(H,85,86,87)(H,88,89,90)(H,91,92,93)(H,94,95,96)(H,59,62,63,65)(H2,57,58,60,61,64);;;;;;;;. The summed E-state index contributed by atoms with van der Waals surface area (Å²) in [4.78, 5) is 16.8. The van der Waals surface area contributed by atoms with E-state index in [9.17, 15) is 114 Å². The van der Waals surface area contributed by atoms with Crippen LogP contribution < -0.4 is 20.9 Å². The molecule has 0 aliphatic rings. The molecule has 9 aromatic carbocycles. The van der Waals surface area contributed by atoms with Crippen LogP contribution in [-0.4, -0.2) is 387 Å². The molecule has 0 aliphatic carbocycles. The van der Waals surface area contributed by atoms with E-state index in [0.29, 0.717) is 17.7 Å². The Bertz CT molecular complexity index is 6700. The maximum Gasteiger partial charge on any atom is 0.297 e. The molecule has 8 radical (unpaired) electrons. The van der Waals surface area contributed by atoms with Gasteiger partial charge in [0.2, 0.25) is 34.4 Å². The van der Waals surface area contributed by atoms with Crippen LogP contribution in [0.3, 0.4) is 0 Å². The number of halogens is 2. The Morgan fingerprint density at radius 1 is 0.348 bits per heavy atom. The van der Waals surface area contributed by atoms with Crippen molar-refractivity contribution in [2.75, 3.05) is 27.9 Å². The van der Waals surface area contributed by atoms with Crippen molar-refractivity contribution in [2.45, 2.75) is 45.7 Å². The summed E-state index contributed by atoms with van der Waals surface area (Å²) < 4.78 is 286. The Hall–Kier alpha value is -2.10. The minimum atomic E-state index is -5.62. The van der Waals surface area contributed by atoms with Crippen molar-refractivity contribution in [1.82, 2.24) is 29.9 Å². The summed E-state index contributed by atoms with van der Waals surface area (Å²) in [6.07, 6.45) is 0. The zero-order valence-electron chi connectivity index (χ0n) is 58.7. The van der Waals surface area contributed by atoms with Crippen molar-refractivity contribution in [2.24, 2.45) is 20.5 Å². The first-order valence-electron chi connectivity index (χ1n) is 27.5. The second kappa shape index (κ2) is 39.6. The molecule has 0 atom stereocenters. The third kappa shape index (κ3) is 23.3. The van der Waals surface area contributed by atoms with Gasteiger partial charge in [0.25, 0.3) is 80.9 Å². The van der Waals surface area contributed by atoms with Crippen molar-refractivity contribution in [1.29, 1.82) is 0 Å². The molecule has 58 heteroatoms. The topological polar surface area (TPSA) is 642 Å². The van der Waals surface area contributed by atoms with Gasteiger partial charge in [-0.1, -0.05) is 48.5 Å². The SMILES string of the molecule is CN(Cc1cccc(Nc2nc(Cl)nc(Nc3ccc4c(O)c(N=Nc5ccc6c(S(=O)(=O)O)cccc6c5S(=O)(=O)O)c(S(=O)(=O)O)cc4c3S(=O)(=O)O)n2)c1)c1nc(Cl)nc(Nc2ccc3c(O)c(N=Nc4ccc5c(S(=O)(=O)O)cccc5c4S(=O)(=O)O)c(S(=O)(=O)O)cc3c2S(=O)(=O)O)n1.[Na].[Na].[Na].[Na].[Na].[Na].[Na].[Na]. The van der Waals surface area contributed by atoms with Crippen molar-refractivity contribution < 1.29 is 114 Å². The number of fused-ring (bicyclic) bond motifs is 4. The maximum atomic E-state index is 13.2. The molecule has 0 aliphatic heterocycles. The molecule has 0 bridgehead atoms. The molecule has 0 unspecified atom stereocenters. The van der Waals surface area contributed by atoms with Crippen LogP contribution in [-0.2, 0) is 87.5 Å². The van der Waals surface area contributed by atoms with Crippen LogP contribution in [0.15, 0.2) is 181 Å². The Morgan fingerprint density at radius 2 is 0.696 bits per heavy atom. The summed E-state index contributed by atoms with van der Waals surface area (Å²) in [7, 11) is -41.7. The molecule has 0 amide bonds. The average molecular weight is 1810 g/mol. The van der Waals surface area contributed by atoms with Gasteiger partial charge in [-0.15, -0.1) is 20.5 Å². The van der Waals surface area contributed by atoms with Crippen LogP contribution in [0, 0.1) is 0 Å². The van der Waals surface area contributed by atoms with Crippen LogP contribution in [0.5, 0.6) is 11.5 Å². The van der Waals surface area contributed by atoms with Gasteiger partial charge in [-0.3, -0.25) is 36.4 Å². The number of anilines is 7. The van der Waals surface area contributed by atoms with Crippen LogP contribution in [0.1, 0.15) is 5.56 Å². The average Bonchev–Trinajstić information content (AvgIpc) is 0.754. The fraction of sp³-hybridized carbons (Fsp3) is 0.0370. The van der Waals surface area contributed by atoms with Gasteiger partial charge in [-0.2, -0.15) is 97.2 Å². The number of phenolic OH excluding ortho intramolecular Hbond substituents is 2. The van der Waals surface area contributed by atoms with Crippen LogP contribution in [0.25, 0.3) is 43.1 Å². The molecule has 550 valence electrons. The molecule has 40 nitrogen and oxygen atoms in total. The Balaban J connectivity index is 0.00000406. The Labute approximate surface area is 820 Å². The zero-order chi connectivity index (χ0) is 76.1. The number of phenols is 2. The van der Waals surface area contributed by atoms with E-state index in [0.717, 1.165) is 84.9 Å². The number of aromatic nitrogens is 6. The maximum absolute atomic E-state index is 13.2. The molecular weight excluding hydrogens is 1770 g/mol. The summed E-state index contributed by atoms with van der Waals surface area (Å²) in [5.41, 5.74) is -4.59. The van der Waals surface area contributed by atoms with Gasteiger partial charge in [0.15, 0.2) is 11.5 Å². The molecule has 13 N–H and O–H groups in total. The van der Waals surface area contributed by atoms with E-state index in [1.807, 2.05) is 0 Å². The van der Waals surface area contributed by atoms with Crippen LogP contribution >= 0.6 is 23.2 Å². The summed E-state index contributed by atoms with van der Waals surface area (Å²) >= 11 is 12.6. The Kier molecular flexibility index (Phi) is 36.8. The second-order valence-corrected chi connectivity index (χ2v) is 33.0. The first-order chi connectivity index (χ1) is 48.2. The van der Waals surface area contributed by atoms with Gasteiger partial charge in [-0.25, -0.2) is 0 Å². The van der Waals surface area contributed by atoms with Gasteiger partial charge in [0.1, 0.15) is 61.9 Å². The summed E-state index contributed by atoms with van der Waals surface area (Å²) in [5, 5.41) is 39.5. The number of benzene rings is 9. The fourth-order valence-electron chi connectivity index (χ4n) is 10.6. The molecule has 0 saturated carbocycles. The minimum Gasteiger partial charge on any atom is -0.505 e. The number of nitrogens with zero attached hydrogens (tertiary/aromatic N) is 11. The normalized spacial score (nSPS) is 12.1. The van der Waals surface area contributed by atoms with E-state index in [-0.39, 0.29) is 261 Å². The molecule has 2 heterocycles. The molecule has 2 aromatic heterocycles. The van der Waals surface area contributed by atoms with Gasteiger partial charge >= 0.3 is 0 Å². The number of aromatic hydroxyl groups is 2. The van der Waals surface area contributed by atoms with Crippen molar-refractivity contribution in [3.05, 3.63) is 137 Å². The van der Waals surface area contributed by atoms with Crippen LogP contribution in [0.2, 0.25) is 10.6 Å². The smallest absolute Gasteiger partial charge is 0.297 e. The number of hydrogen-bond acceptors (Lipinski definition) is 32. The molecular formula is C54H38Cl2N14Na8O26S8. The van der Waals surface area contributed by atoms with Crippen molar-refractivity contribution >= 4 is 447 Å². The molecule has 112 heavy (non-hydrogen) atoms. The van der Waals surface area contributed by atoms with E-state index in [1.54, 1.807) is 6.07 Å². The third-order valence-electron chi connectivity index (χ3n) is 14.6. The van der Waals surface area contributed by atoms with Gasteiger partial charge in [-0.05, 0) is 102 Å². The second-order valence-electron chi connectivity index (χ2n) is 21.4. The minimum absolute atomic E-state index is 0. The van der Waals surface area contributed by atoms with E-state index >= 15 is 0 Å². The van der Waals surface area contributed by atoms with Crippen molar-refractivity contribution in [3.8, 4) is 11.5 Å². The third-order valence-corrected chi connectivity index (χ3v) is 22.3. The van der Waals surface area contributed by atoms with Gasteiger partial charge < -0.3 is 31.1 Å². The largest absolute Gasteiger partial charge is 0.505 e. The number of rotatable bonds is 21. The summed E-state index contributed by atoms with van der Waals surface area (Å²) in [6.45, 7) is -0.0989. The predicted molar refractivity (Wildman–Crippen MR) is 410 cm³/mol. The quantitative estimate of drug-likeness (QED) is 0.0222. The Morgan fingerprint density at radius 3 is 1.07 bits per heavy atom. The number of azo groups is 2. The van der Waals surface area contributed by atoms with E-state index in [4.69, 9.17) is 23.2 Å². The summed E-state index contributed by atoms with van der Waals surface area (Å²) in [6, 6.07) is 19.9. The van der Waals surface area contributed by atoms with E-state index in [1.165, 1.54) is 30.1 Å². The number of hydrogen-bond donors (Lipinski definition) is 13. The van der Waals surface area contributed by atoms with Crippen LogP contribution in [0.4, 0.5) is 63.6 Å². The van der Waals surface area contributed by atoms with Gasteiger partial charge in [0, 0.05) is 299 Å². The first-order valence-corrected chi connectivity index (χ1v) is 39.8. The molecule has 0 spiro atoms. The summed E-state index contributed by atoms with van der Waals surface area (Å²) in [5.74, 6) is -4.20. The monoisotopic (exact) mass is 1810 g/mol. The predicted octanol–water partition coefficient (Wildman–Crippen LogP) is 6.01. The van der Waals surface area contributed by atoms with E-state index < -0.39 is 231 Å². The molecule has 0 fully saturated rings.